The summed E-state index contributed by atoms with van der Waals surface area (Å²) in [5, 5.41) is 3.99. The zero-order valence-corrected chi connectivity index (χ0v) is 18.5. The minimum absolute atomic E-state index is 0.149. The lowest BCUT2D eigenvalue weighted by Crippen LogP contribution is -2.20. The molecule has 0 atom stereocenters. The van der Waals surface area contributed by atoms with E-state index in [1.807, 2.05) is 58.9 Å². The van der Waals surface area contributed by atoms with Gasteiger partial charge in [0.15, 0.2) is 0 Å². The van der Waals surface area contributed by atoms with Crippen LogP contribution in [0.15, 0.2) is 40.8 Å². The summed E-state index contributed by atoms with van der Waals surface area (Å²) in [7, 11) is 1.63. The molecule has 5 nitrogen and oxygen atoms in total. The van der Waals surface area contributed by atoms with E-state index in [0.29, 0.717) is 13.2 Å². The molecule has 1 aromatic heterocycles. The maximum absolute atomic E-state index is 12.5. The Labute approximate surface area is 177 Å². The van der Waals surface area contributed by atoms with E-state index in [0.717, 1.165) is 56.1 Å². The molecule has 0 unspecified atom stereocenters. The minimum Gasteiger partial charge on any atom is -0.497 e. The molecule has 0 saturated carbocycles. The van der Waals surface area contributed by atoms with Gasteiger partial charge in [0, 0.05) is 29.1 Å². The second-order valence-electron chi connectivity index (χ2n) is 7.36. The van der Waals surface area contributed by atoms with Crippen molar-refractivity contribution in [3.8, 4) is 11.5 Å². The van der Waals surface area contributed by atoms with Gasteiger partial charge in [-0.25, -0.2) is 0 Å². The SMILES string of the molecule is CCOc1c(/C(C)=C/C(=O)NCc2ccc(OC)cc2)cc2c(C)c(C)oc2c1C. The van der Waals surface area contributed by atoms with Gasteiger partial charge in [0.1, 0.15) is 22.8 Å². The van der Waals surface area contributed by atoms with Gasteiger partial charge in [-0.15, -0.1) is 0 Å². The molecule has 3 rings (SSSR count). The molecule has 0 saturated heterocycles. The Kier molecular flexibility index (Phi) is 6.50. The number of carbonyl (C=O) groups is 1. The Morgan fingerprint density at radius 3 is 2.47 bits per heavy atom. The van der Waals surface area contributed by atoms with Gasteiger partial charge in [-0.1, -0.05) is 12.1 Å². The van der Waals surface area contributed by atoms with E-state index in [4.69, 9.17) is 13.9 Å². The van der Waals surface area contributed by atoms with Crippen LogP contribution in [0.4, 0.5) is 0 Å². The van der Waals surface area contributed by atoms with Gasteiger partial charge in [0.25, 0.3) is 0 Å². The monoisotopic (exact) mass is 407 g/mol. The highest BCUT2D eigenvalue weighted by Crippen LogP contribution is 2.38. The molecule has 0 aliphatic rings. The van der Waals surface area contributed by atoms with Crippen molar-refractivity contribution in [2.24, 2.45) is 0 Å². The first kappa shape index (κ1) is 21.5. The molecule has 30 heavy (non-hydrogen) atoms. The number of allylic oxidation sites excluding steroid dienone is 1. The average molecular weight is 408 g/mol. The summed E-state index contributed by atoms with van der Waals surface area (Å²) in [4.78, 5) is 12.5. The Hall–Kier alpha value is -3.21. The van der Waals surface area contributed by atoms with Crippen LogP contribution in [0.3, 0.4) is 0 Å². The van der Waals surface area contributed by atoms with Crippen molar-refractivity contribution in [2.45, 2.75) is 41.2 Å². The van der Waals surface area contributed by atoms with Crippen LogP contribution in [-0.4, -0.2) is 19.6 Å². The number of fused-ring (bicyclic) bond motifs is 1. The maximum atomic E-state index is 12.5. The van der Waals surface area contributed by atoms with Gasteiger partial charge >= 0.3 is 0 Å². The first-order chi connectivity index (χ1) is 14.3. The number of hydrogen-bond donors (Lipinski definition) is 1. The Morgan fingerprint density at radius 2 is 1.83 bits per heavy atom. The van der Waals surface area contributed by atoms with Gasteiger partial charge in [0.2, 0.25) is 5.91 Å². The summed E-state index contributed by atoms with van der Waals surface area (Å²) < 4.78 is 17.0. The van der Waals surface area contributed by atoms with Gasteiger partial charge in [0.05, 0.1) is 13.7 Å². The van der Waals surface area contributed by atoms with E-state index >= 15 is 0 Å². The van der Waals surface area contributed by atoms with E-state index in [-0.39, 0.29) is 5.91 Å². The van der Waals surface area contributed by atoms with Crippen molar-refractivity contribution in [3.05, 3.63) is 64.4 Å². The summed E-state index contributed by atoms with van der Waals surface area (Å²) in [5.41, 5.74) is 5.65. The van der Waals surface area contributed by atoms with Crippen molar-refractivity contribution >= 4 is 22.4 Å². The molecule has 0 fully saturated rings. The Morgan fingerprint density at radius 1 is 1.13 bits per heavy atom. The number of amides is 1. The molecule has 1 N–H and O–H groups in total. The van der Waals surface area contributed by atoms with Crippen molar-refractivity contribution < 1.29 is 18.7 Å². The molecule has 0 aliphatic heterocycles. The molecule has 158 valence electrons. The fourth-order valence-electron chi connectivity index (χ4n) is 3.49. The first-order valence-electron chi connectivity index (χ1n) is 10.1. The number of furan rings is 1. The lowest BCUT2D eigenvalue weighted by atomic mass is 9.98. The van der Waals surface area contributed by atoms with Crippen LogP contribution >= 0.6 is 0 Å². The van der Waals surface area contributed by atoms with Crippen molar-refractivity contribution in [1.29, 1.82) is 0 Å². The van der Waals surface area contributed by atoms with Crippen molar-refractivity contribution in [1.82, 2.24) is 5.32 Å². The molecule has 5 heteroatoms. The number of methoxy groups -OCH3 is 1. The number of rotatable bonds is 7. The first-order valence-corrected chi connectivity index (χ1v) is 10.1. The normalized spacial score (nSPS) is 11.6. The predicted molar refractivity (Wildman–Crippen MR) is 120 cm³/mol. The fraction of sp³-hybridized carbons (Fsp3) is 0.320. The molecular formula is C25H29NO4. The smallest absolute Gasteiger partial charge is 0.244 e. The quantitative estimate of drug-likeness (QED) is 0.527. The van der Waals surface area contributed by atoms with Crippen molar-refractivity contribution in [2.75, 3.05) is 13.7 Å². The summed E-state index contributed by atoms with van der Waals surface area (Å²) in [5.74, 6) is 2.30. The second kappa shape index (κ2) is 9.08. The lowest BCUT2D eigenvalue weighted by Gasteiger charge is -2.14. The zero-order chi connectivity index (χ0) is 21.8. The van der Waals surface area contributed by atoms with Crippen LogP contribution < -0.4 is 14.8 Å². The average Bonchev–Trinajstić information content (AvgIpc) is 3.03. The van der Waals surface area contributed by atoms with E-state index in [2.05, 4.69) is 11.4 Å². The van der Waals surface area contributed by atoms with E-state index in [9.17, 15) is 4.79 Å². The zero-order valence-electron chi connectivity index (χ0n) is 18.5. The summed E-state index contributed by atoms with van der Waals surface area (Å²) in [6.45, 7) is 10.9. The topological polar surface area (TPSA) is 60.7 Å². The van der Waals surface area contributed by atoms with E-state index < -0.39 is 0 Å². The molecule has 2 aromatic carbocycles. The van der Waals surface area contributed by atoms with Gasteiger partial charge < -0.3 is 19.2 Å². The fourth-order valence-corrected chi connectivity index (χ4v) is 3.49. The van der Waals surface area contributed by atoms with Crippen molar-refractivity contribution in [3.63, 3.8) is 0 Å². The molecule has 1 amide bonds. The molecular weight excluding hydrogens is 378 g/mol. The van der Waals surface area contributed by atoms with Gasteiger partial charge in [-0.05, 0) is 69.5 Å². The van der Waals surface area contributed by atoms with E-state index in [1.165, 1.54) is 0 Å². The van der Waals surface area contributed by atoms with Crippen LogP contribution in [0, 0.1) is 20.8 Å². The third-order valence-electron chi connectivity index (χ3n) is 5.33. The summed E-state index contributed by atoms with van der Waals surface area (Å²) in [6, 6.07) is 9.68. The highest BCUT2D eigenvalue weighted by Gasteiger charge is 2.18. The molecule has 0 radical (unpaired) electrons. The summed E-state index contributed by atoms with van der Waals surface area (Å²) in [6.07, 6.45) is 1.62. The van der Waals surface area contributed by atoms with Crippen LogP contribution in [0.5, 0.6) is 11.5 Å². The highest BCUT2D eigenvalue weighted by atomic mass is 16.5. The number of nitrogens with one attached hydrogen (secondary N) is 1. The number of hydrogen-bond acceptors (Lipinski definition) is 4. The third-order valence-corrected chi connectivity index (χ3v) is 5.33. The lowest BCUT2D eigenvalue weighted by molar-refractivity contribution is -0.116. The third kappa shape index (κ3) is 4.35. The van der Waals surface area contributed by atoms with Gasteiger partial charge in [-0.2, -0.15) is 0 Å². The molecule has 1 heterocycles. The minimum atomic E-state index is -0.149. The van der Waals surface area contributed by atoms with Gasteiger partial charge in [-0.3, -0.25) is 4.79 Å². The van der Waals surface area contributed by atoms with Crippen LogP contribution in [0.1, 0.15) is 41.9 Å². The summed E-state index contributed by atoms with van der Waals surface area (Å²) >= 11 is 0. The molecule has 0 spiro atoms. The van der Waals surface area contributed by atoms with Crippen LogP contribution in [0.2, 0.25) is 0 Å². The van der Waals surface area contributed by atoms with Crippen LogP contribution in [0.25, 0.3) is 16.5 Å². The predicted octanol–water partition coefficient (Wildman–Crippen LogP) is 5.49. The Bertz CT molecular complexity index is 1090. The molecule has 0 bridgehead atoms. The largest absolute Gasteiger partial charge is 0.497 e. The molecule has 0 aliphatic carbocycles. The number of ether oxygens (including phenoxy) is 2. The highest BCUT2D eigenvalue weighted by molar-refractivity contribution is 5.98. The van der Waals surface area contributed by atoms with E-state index in [1.54, 1.807) is 13.2 Å². The Balaban J connectivity index is 1.87. The van der Waals surface area contributed by atoms with Crippen LogP contribution in [-0.2, 0) is 11.3 Å². The second-order valence-corrected chi connectivity index (χ2v) is 7.36. The molecule has 3 aromatic rings. The number of benzene rings is 2. The standard InChI is InChI=1S/C25H29NO4/c1-7-29-24-17(4)25-22(16(3)18(5)30-25)13-21(24)15(2)12-23(27)26-14-19-8-10-20(28-6)11-9-19/h8-13H,7,14H2,1-6H3,(H,26,27)/b15-12+. The number of aryl methyl sites for hydroxylation is 3. The maximum Gasteiger partial charge on any atom is 0.244 e. The number of carbonyl (C=O) groups excluding carboxylic acids is 1.